The Hall–Kier alpha value is -1.98. The summed E-state index contributed by atoms with van der Waals surface area (Å²) in [4.78, 5) is 24.6. The molecule has 2 amide bonds. The lowest BCUT2D eigenvalue weighted by atomic mass is 10.1. The van der Waals surface area contributed by atoms with E-state index in [2.05, 4.69) is 5.32 Å². The van der Waals surface area contributed by atoms with Crippen LogP contribution in [0.4, 0.5) is 8.78 Å². The van der Waals surface area contributed by atoms with E-state index in [1.807, 2.05) is 0 Å². The maximum absolute atomic E-state index is 13.5. The molecular weight excluding hydrogens is 242 g/mol. The highest BCUT2D eigenvalue weighted by molar-refractivity contribution is 5.96. The van der Waals surface area contributed by atoms with E-state index in [0.717, 1.165) is 12.1 Å². The van der Waals surface area contributed by atoms with Gasteiger partial charge in [0.25, 0.3) is 5.91 Å². The van der Waals surface area contributed by atoms with Gasteiger partial charge in [-0.2, -0.15) is 0 Å². The summed E-state index contributed by atoms with van der Waals surface area (Å²) < 4.78 is 26.2. The van der Waals surface area contributed by atoms with Crippen LogP contribution in [0.3, 0.4) is 0 Å². The van der Waals surface area contributed by atoms with Crippen LogP contribution in [-0.2, 0) is 4.79 Å². The Kier molecular flexibility index (Phi) is 3.55. The highest BCUT2D eigenvalue weighted by Gasteiger charge is 2.23. The van der Waals surface area contributed by atoms with E-state index in [1.54, 1.807) is 0 Å². The Morgan fingerprint density at radius 2 is 2.11 bits per heavy atom. The minimum Gasteiger partial charge on any atom is -0.354 e. The molecule has 0 radical (unpaired) electrons. The van der Waals surface area contributed by atoms with Crippen LogP contribution in [0.2, 0.25) is 0 Å². The second kappa shape index (κ2) is 5.12. The molecular formula is C12H12F2N2O2. The van der Waals surface area contributed by atoms with Crippen molar-refractivity contribution in [3.8, 4) is 0 Å². The second-order valence-electron chi connectivity index (χ2n) is 4.05. The van der Waals surface area contributed by atoms with Gasteiger partial charge in [-0.15, -0.1) is 0 Å². The van der Waals surface area contributed by atoms with Crippen molar-refractivity contribution < 1.29 is 18.4 Å². The van der Waals surface area contributed by atoms with E-state index in [1.165, 1.54) is 4.90 Å². The predicted octanol–water partition coefficient (Wildman–Crippen LogP) is 0.927. The minimum atomic E-state index is -0.912. The number of hydrogen-bond acceptors (Lipinski definition) is 2. The molecule has 1 fully saturated rings. The molecule has 4 nitrogen and oxygen atoms in total. The van der Waals surface area contributed by atoms with Gasteiger partial charge >= 0.3 is 0 Å². The zero-order valence-corrected chi connectivity index (χ0v) is 9.58. The van der Waals surface area contributed by atoms with Crippen molar-refractivity contribution in [3.05, 3.63) is 35.4 Å². The SMILES string of the molecule is O=C1CN(C(=O)c2ccc(F)cc2F)CCCN1. The van der Waals surface area contributed by atoms with Crippen LogP contribution < -0.4 is 5.32 Å². The highest BCUT2D eigenvalue weighted by Crippen LogP contribution is 2.13. The molecule has 1 N–H and O–H groups in total. The molecule has 2 rings (SSSR count). The van der Waals surface area contributed by atoms with E-state index in [-0.39, 0.29) is 18.0 Å². The molecule has 1 heterocycles. The Labute approximate surface area is 103 Å². The molecule has 1 aliphatic rings. The second-order valence-corrected chi connectivity index (χ2v) is 4.05. The fourth-order valence-electron chi connectivity index (χ4n) is 1.81. The van der Waals surface area contributed by atoms with Gasteiger partial charge in [-0.25, -0.2) is 8.78 Å². The van der Waals surface area contributed by atoms with Crippen molar-refractivity contribution in [2.75, 3.05) is 19.6 Å². The van der Waals surface area contributed by atoms with Crippen molar-refractivity contribution in [2.24, 2.45) is 0 Å². The lowest BCUT2D eigenvalue weighted by Gasteiger charge is -2.19. The molecule has 1 aromatic rings. The maximum atomic E-state index is 13.5. The normalized spacial score (nSPS) is 16.1. The zero-order valence-electron chi connectivity index (χ0n) is 9.58. The average molecular weight is 254 g/mol. The number of hydrogen-bond donors (Lipinski definition) is 1. The number of nitrogens with one attached hydrogen (secondary N) is 1. The number of carbonyl (C=O) groups excluding carboxylic acids is 2. The van der Waals surface area contributed by atoms with Crippen molar-refractivity contribution in [3.63, 3.8) is 0 Å². The Bertz CT molecular complexity index is 491. The summed E-state index contributed by atoms with van der Waals surface area (Å²) in [6.45, 7) is 0.762. The third-order valence-electron chi connectivity index (χ3n) is 2.71. The molecule has 0 unspecified atom stereocenters. The summed E-state index contributed by atoms with van der Waals surface area (Å²) in [7, 11) is 0. The molecule has 0 spiro atoms. The Morgan fingerprint density at radius 3 is 2.83 bits per heavy atom. The quantitative estimate of drug-likeness (QED) is 0.810. The summed E-state index contributed by atoms with van der Waals surface area (Å²) >= 11 is 0. The van der Waals surface area contributed by atoms with E-state index >= 15 is 0 Å². The standard InChI is InChI=1S/C12H12F2N2O2/c13-8-2-3-9(10(14)6-8)12(18)16-5-1-4-15-11(17)7-16/h2-3,6H,1,4-5,7H2,(H,15,17). The Balaban J connectivity index is 2.21. The van der Waals surface area contributed by atoms with Gasteiger partial charge in [0.1, 0.15) is 11.6 Å². The van der Waals surface area contributed by atoms with Crippen LogP contribution in [0, 0.1) is 11.6 Å². The maximum Gasteiger partial charge on any atom is 0.257 e. The first-order chi connectivity index (χ1) is 8.58. The van der Waals surface area contributed by atoms with Crippen LogP contribution >= 0.6 is 0 Å². The van der Waals surface area contributed by atoms with Crippen LogP contribution in [-0.4, -0.2) is 36.3 Å². The number of halogens is 2. The van der Waals surface area contributed by atoms with Crippen LogP contribution in [0.5, 0.6) is 0 Å². The van der Waals surface area contributed by atoms with Gasteiger partial charge < -0.3 is 10.2 Å². The first-order valence-electron chi connectivity index (χ1n) is 5.59. The van der Waals surface area contributed by atoms with E-state index < -0.39 is 17.5 Å². The molecule has 0 aromatic heterocycles. The third kappa shape index (κ3) is 2.64. The fourth-order valence-corrected chi connectivity index (χ4v) is 1.81. The van der Waals surface area contributed by atoms with Gasteiger partial charge in [-0.05, 0) is 18.6 Å². The molecule has 1 saturated heterocycles. The summed E-state index contributed by atoms with van der Waals surface area (Å²) in [5.74, 6) is -2.52. The van der Waals surface area contributed by atoms with Crippen LogP contribution in [0.25, 0.3) is 0 Å². The van der Waals surface area contributed by atoms with Gasteiger partial charge in [0, 0.05) is 19.2 Å². The van der Waals surface area contributed by atoms with Gasteiger partial charge in [0.05, 0.1) is 12.1 Å². The lowest BCUT2D eigenvalue weighted by Crippen LogP contribution is -2.37. The summed E-state index contributed by atoms with van der Waals surface area (Å²) in [6.07, 6.45) is 0.611. The van der Waals surface area contributed by atoms with Gasteiger partial charge in [-0.3, -0.25) is 9.59 Å². The first kappa shape index (κ1) is 12.5. The summed E-state index contributed by atoms with van der Waals surface area (Å²) in [6, 6.07) is 2.77. The molecule has 18 heavy (non-hydrogen) atoms. The van der Waals surface area contributed by atoms with Gasteiger partial charge in [-0.1, -0.05) is 0 Å². The number of carbonyl (C=O) groups is 2. The number of amides is 2. The Morgan fingerprint density at radius 1 is 1.33 bits per heavy atom. The minimum absolute atomic E-state index is 0.102. The average Bonchev–Trinajstić information content (AvgIpc) is 2.53. The molecule has 1 aliphatic heterocycles. The summed E-state index contributed by atoms with van der Waals surface area (Å²) in [5.41, 5.74) is -0.217. The van der Waals surface area contributed by atoms with Crippen LogP contribution in [0.15, 0.2) is 18.2 Å². The third-order valence-corrected chi connectivity index (χ3v) is 2.71. The highest BCUT2D eigenvalue weighted by atomic mass is 19.1. The molecule has 0 atom stereocenters. The van der Waals surface area contributed by atoms with Crippen molar-refractivity contribution in [2.45, 2.75) is 6.42 Å². The van der Waals surface area contributed by atoms with E-state index in [9.17, 15) is 18.4 Å². The number of rotatable bonds is 1. The van der Waals surface area contributed by atoms with Crippen LogP contribution in [0.1, 0.15) is 16.8 Å². The lowest BCUT2D eigenvalue weighted by molar-refractivity contribution is -0.121. The molecule has 0 aliphatic carbocycles. The van der Waals surface area contributed by atoms with Crippen molar-refractivity contribution in [1.29, 1.82) is 0 Å². The molecule has 96 valence electrons. The van der Waals surface area contributed by atoms with E-state index in [4.69, 9.17) is 0 Å². The van der Waals surface area contributed by atoms with Gasteiger partial charge in [0.2, 0.25) is 5.91 Å². The topological polar surface area (TPSA) is 49.4 Å². The largest absolute Gasteiger partial charge is 0.354 e. The van der Waals surface area contributed by atoms with Crippen molar-refractivity contribution >= 4 is 11.8 Å². The van der Waals surface area contributed by atoms with E-state index in [0.29, 0.717) is 25.6 Å². The number of benzene rings is 1. The first-order valence-corrected chi connectivity index (χ1v) is 5.59. The predicted molar refractivity (Wildman–Crippen MR) is 59.9 cm³/mol. The molecule has 0 bridgehead atoms. The smallest absolute Gasteiger partial charge is 0.257 e. The molecule has 0 saturated carbocycles. The molecule has 6 heteroatoms. The van der Waals surface area contributed by atoms with Gasteiger partial charge in [0.15, 0.2) is 0 Å². The summed E-state index contributed by atoms with van der Waals surface area (Å²) in [5, 5.41) is 2.62. The number of nitrogens with zero attached hydrogens (tertiary/aromatic N) is 1. The van der Waals surface area contributed by atoms with Crippen molar-refractivity contribution in [1.82, 2.24) is 10.2 Å². The molecule has 1 aromatic carbocycles. The fraction of sp³-hybridized carbons (Fsp3) is 0.333. The zero-order chi connectivity index (χ0) is 13.1. The monoisotopic (exact) mass is 254 g/mol.